The van der Waals surface area contributed by atoms with Gasteiger partial charge in [0, 0.05) is 18.7 Å². The van der Waals surface area contributed by atoms with Crippen molar-refractivity contribution < 1.29 is 19.1 Å². The number of amides is 2. The molecule has 0 fully saturated rings. The van der Waals surface area contributed by atoms with Crippen LogP contribution >= 0.6 is 0 Å². The molecule has 1 heterocycles. The molecule has 0 aromatic heterocycles. The number of benzene rings is 1. The van der Waals surface area contributed by atoms with E-state index in [2.05, 4.69) is 10.6 Å². The minimum Gasteiger partial charge on any atom is -0.486 e. The quantitative estimate of drug-likeness (QED) is 0.883. The molecule has 1 aromatic rings. The van der Waals surface area contributed by atoms with E-state index in [9.17, 15) is 9.59 Å². The van der Waals surface area contributed by atoms with Crippen LogP contribution in [0.15, 0.2) is 18.2 Å². The molecule has 2 amide bonds. The summed E-state index contributed by atoms with van der Waals surface area (Å²) in [4.78, 5) is 23.4. The zero-order valence-corrected chi connectivity index (χ0v) is 12.4. The normalized spacial score (nSPS) is 14.5. The number of nitrogens with one attached hydrogen (secondary N) is 2. The second kappa shape index (κ2) is 6.47. The summed E-state index contributed by atoms with van der Waals surface area (Å²) in [6.07, 6.45) is 0. The van der Waals surface area contributed by atoms with Crippen molar-refractivity contribution in [1.82, 2.24) is 5.32 Å². The summed E-state index contributed by atoms with van der Waals surface area (Å²) in [6, 6.07) is 4.65. The third-order valence-corrected chi connectivity index (χ3v) is 3.12. The lowest BCUT2D eigenvalue weighted by atomic mass is 10.0. The summed E-state index contributed by atoms with van der Waals surface area (Å²) in [5.41, 5.74) is 0.611. The molecular weight excluding hydrogens is 272 g/mol. The molecule has 0 aliphatic carbocycles. The molecule has 1 atom stereocenters. The summed E-state index contributed by atoms with van der Waals surface area (Å²) in [6.45, 7) is 6.17. The molecule has 0 radical (unpaired) electrons. The van der Waals surface area contributed by atoms with Crippen molar-refractivity contribution in [1.29, 1.82) is 0 Å². The number of rotatable bonds is 4. The summed E-state index contributed by atoms with van der Waals surface area (Å²) in [5.74, 6) is 0.787. The zero-order chi connectivity index (χ0) is 15.4. The van der Waals surface area contributed by atoms with E-state index in [0.29, 0.717) is 30.4 Å². The van der Waals surface area contributed by atoms with E-state index >= 15 is 0 Å². The van der Waals surface area contributed by atoms with Gasteiger partial charge in [-0.2, -0.15) is 0 Å². The molecule has 6 nitrogen and oxygen atoms in total. The van der Waals surface area contributed by atoms with Gasteiger partial charge >= 0.3 is 0 Å². The third kappa shape index (κ3) is 3.87. The van der Waals surface area contributed by atoms with Crippen molar-refractivity contribution in [3.05, 3.63) is 18.2 Å². The van der Waals surface area contributed by atoms with Gasteiger partial charge in [0.05, 0.1) is 0 Å². The molecule has 1 unspecified atom stereocenters. The molecule has 2 N–H and O–H groups in total. The average Bonchev–Trinajstić information content (AvgIpc) is 2.44. The Kier molecular flexibility index (Phi) is 4.67. The molecule has 6 heteroatoms. The van der Waals surface area contributed by atoms with Gasteiger partial charge in [-0.3, -0.25) is 9.59 Å². The van der Waals surface area contributed by atoms with Gasteiger partial charge in [0.25, 0.3) is 0 Å². The van der Waals surface area contributed by atoms with Crippen LogP contribution in [0.5, 0.6) is 11.5 Å². The average molecular weight is 292 g/mol. The first-order chi connectivity index (χ1) is 9.97. The first kappa shape index (κ1) is 15.2. The fourth-order valence-corrected chi connectivity index (χ4v) is 2.10. The first-order valence-electron chi connectivity index (χ1n) is 6.95. The van der Waals surface area contributed by atoms with E-state index in [-0.39, 0.29) is 17.7 Å². The molecule has 0 saturated carbocycles. The van der Waals surface area contributed by atoms with Crippen molar-refractivity contribution in [2.24, 2.45) is 5.92 Å². The molecule has 21 heavy (non-hydrogen) atoms. The van der Waals surface area contributed by atoms with Crippen molar-refractivity contribution in [2.75, 3.05) is 18.5 Å². The van der Waals surface area contributed by atoms with Crippen LogP contribution in [0.2, 0.25) is 0 Å². The highest BCUT2D eigenvalue weighted by Gasteiger charge is 2.23. The predicted molar refractivity (Wildman–Crippen MR) is 78.5 cm³/mol. The highest BCUT2D eigenvalue weighted by Crippen LogP contribution is 2.32. The van der Waals surface area contributed by atoms with E-state index in [1.807, 2.05) is 13.8 Å². The molecule has 1 aliphatic heterocycles. The molecule has 2 rings (SSSR count). The van der Waals surface area contributed by atoms with Gasteiger partial charge in [0.1, 0.15) is 19.3 Å². The van der Waals surface area contributed by atoms with Crippen LogP contribution in [0, 0.1) is 5.92 Å². The van der Waals surface area contributed by atoms with Crippen molar-refractivity contribution >= 4 is 17.5 Å². The number of ether oxygens (including phenoxy) is 2. The van der Waals surface area contributed by atoms with Crippen LogP contribution in [-0.4, -0.2) is 31.1 Å². The van der Waals surface area contributed by atoms with Crippen LogP contribution in [0.3, 0.4) is 0 Å². The Morgan fingerprint density at radius 2 is 1.81 bits per heavy atom. The molecule has 114 valence electrons. The maximum atomic E-state index is 12.3. The lowest BCUT2D eigenvalue weighted by molar-refractivity contribution is -0.126. The number of carbonyl (C=O) groups is 2. The van der Waals surface area contributed by atoms with E-state index < -0.39 is 6.04 Å². The highest BCUT2D eigenvalue weighted by atomic mass is 16.6. The highest BCUT2D eigenvalue weighted by molar-refractivity contribution is 5.97. The number of hydrogen-bond donors (Lipinski definition) is 2. The maximum Gasteiger partial charge on any atom is 0.247 e. The third-order valence-electron chi connectivity index (χ3n) is 3.12. The lowest BCUT2D eigenvalue weighted by Gasteiger charge is -2.22. The second-order valence-corrected chi connectivity index (χ2v) is 5.27. The molecule has 1 aromatic carbocycles. The van der Waals surface area contributed by atoms with Gasteiger partial charge in [0.15, 0.2) is 11.5 Å². The Labute approximate surface area is 123 Å². The Balaban J connectivity index is 2.09. The van der Waals surface area contributed by atoms with Gasteiger partial charge in [-0.1, -0.05) is 13.8 Å². The van der Waals surface area contributed by atoms with Gasteiger partial charge < -0.3 is 20.1 Å². The monoisotopic (exact) mass is 292 g/mol. The van der Waals surface area contributed by atoms with Crippen molar-refractivity contribution in [3.8, 4) is 11.5 Å². The largest absolute Gasteiger partial charge is 0.486 e. The van der Waals surface area contributed by atoms with Gasteiger partial charge in [-0.05, 0) is 18.1 Å². The second-order valence-electron chi connectivity index (χ2n) is 5.27. The first-order valence-corrected chi connectivity index (χ1v) is 6.95. The number of carbonyl (C=O) groups excluding carboxylic acids is 2. The summed E-state index contributed by atoms with van der Waals surface area (Å²) < 4.78 is 10.9. The van der Waals surface area contributed by atoms with E-state index in [0.717, 1.165) is 0 Å². The smallest absolute Gasteiger partial charge is 0.247 e. The summed E-state index contributed by atoms with van der Waals surface area (Å²) in [5, 5.41) is 5.44. The van der Waals surface area contributed by atoms with Crippen molar-refractivity contribution in [3.63, 3.8) is 0 Å². The lowest BCUT2D eigenvalue weighted by Crippen LogP contribution is -2.46. The van der Waals surface area contributed by atoms with Gasteiger partial charge in [-0.25, -0.2) is 0 Å². The van der Waals surface area contributed by atoms with Gasteiger partial charge in [-0.15, -0.1) is 0 Å². The van der Waals surface area contributed by atoms with E-state index in [1.165, 1.54) is 6.92 Å². The number of anilines is 1. The Morgan fingerprint density at radius 3 is 2.43 bits per heavy atom. The van der Waals surface area contributed by atoms with Crippen LogP contribution in [-0.2, 0) is 9.59 Å². The Hall–Kier alpha value is -2.24. The predicted octanol–water partition coefficient (Wildman–Crippen LogP) is 1.56. The van der Waals surface area contributed by atoms with Crippen LogP contribution in [0.25, 0.3) is 0 Å². The minimum atomic E-state index is -0.573. The number of fused-ring (bicyclic) bond motifs is 1. The van der Waals surface area contributed by atoms with E-state index in [1.54, 1.807) is 18.2 Å². The molecule has 0 bridgehead atoms. The standard InChI is InChI=1S/C15H20N2O4/c1-9(2)14(16-10(3)18)15(19)17-11-4-5-12-13(8-11)21-7-6-20-12/h4-5,8-9,14H,6-7H2,1-3H3,(H,16,18)(H,17,19). The van der Waals surface area contributed by atoms with Crippen LogP contribution in [0.1, 0.15) is 20.8 Å². The molecule has 0 spiro atoms. The van der Waals surface area contributed by atoms with Gasteiger partial charge in [0.2, 0.25) is 11.8 Å². The fourth-order valence-electron chi connectivity index (χ4n) is 2.10. The minimum absolute atomic E-state index is 0.00823. The number of hydrogen-bond acceptors (Lipinski definition) is 4. The zero-order valence-electron chi connectivity index (χ0n) is 12.4. The SMILES string of the molecule is CC(=O)NC(C(=O)Nc1ccc2c(c1)OCCO2)C(C)C. The summed E-state index contributed by atoms with van der Waals surface area (Å²) in [7, 11) is 0. The molecular formula is C15H20N2O4. The van der Waals surface area contributed by atoms with Crippen molar-refractivity contribution in [2.45, 2.75) is 26.8 Å². The Morgan fingerprint density at radius 1 is 1.14 bits per heavy atom. The van der Waals surface area contributed by atoms with Crippen LogP contribution < -0.4 is 20.1 Å². The topological polar surface area (TPSA) is 76.7 Å². The van der Waals surface area contributed by atoms with E-state index in [4.69, 9.17) is 9.47 Å². The summed E-state index contributed by atoms with van der Waals surface area (Å²) >= 11 is 0. The molecule has 0 saturated heterocycles. The molecule has 1 aliphatic rings. The van der Waals surface area contributed by atoms with Crippen LogP contribution in [0.4, 0.5) is 5.69 Å². The maximum absolute atomic E-state index is 12.3. The Bertz CT molecular complexity index is 542. The fraction of sp³-hybridized carbons (Fsp3) is 0.467.